The van der Waals surface area contributed by atoms with Crippen LogP contribution in [0.1, 0.15) is 5.69 Å². The first-order valence-corrected chi connectivity index (χ1v) is 5.90. The molecule has 0 aliphatic heterocycles. The Labute approximate surface area is 106 Å². The van der Waals surface area contributed by atoms with Crippen molar-refractivity contribution >= 4 is 16.5 Å². The lowest BCUT2D eigenvalue weighted by molar-refractivity contribution is 0.432. The number of nitrogens with two attached hydrogens (primary N) is 1. The standard InChI is InChI=1S/C10H8N6OS/c1-5-6(18-10(11)14-5)9-15-8(16-17-9)7-12-3-2-4-13-7/h2-4H,1H3,(H2,11,14). The number of aromatic nitrogens is 5. The average molecular weight is 260 g/mol. The fourth-order valence-corrected chi connectivity index (χ4v) is 2.19. The first-order chi connectivity index (χ1) is 8.74. The molecule has 0 aromatic carbocycles. The van der Waals surface area contributed by atoms with Crippen LogP contribution >= 0.6 is 11.3 Å². The van der Waals surface area contributed by atoms with E-state index in [1.807, 2.05) is 6.92 Å². The Hall–Kier alpha value is -2.35. The number of anilines is 1. The van der Waals surface area contributed by atoms with E-state index in [0.29, 0.717) is 22.7 Å². The average Bonchev–Trinajstić information content (AvgIpc) is 2.97. The molecule has 7 nitrogen and oxygen atoms in total. The lowest BCUT2D eigenvalue weighted by Crippen LogP contribution is -1.88. The van der Waals surface area contributed by atoms with E-state index in [1.165, 1.54) is 11.3 Å². The minimum atomic E-state index is 0.344. The molecule has 3 aromatic heterocycles. The fourth-order valence-electron chi connectivity index (χ4n) is 1.44. The van der Waals surface area contributed by atoms with Crippen LogP contribution in [-0.2, 0) is 0 Å². The van der Waals surface area contributed by atoms with Crippen molar-refractivity contribution in [3.8, 4) is 22.4 Å². The predicted octanol–water partition coefficient (Wildman–Crippen LogP) is 1.54. The van der Waals surface area contributed by atoms with Gasteiger partial charge in [-0.3, -0.25) is 0 Å². The zero-order valence-corrected chi connectivity index (χ0v) is 10.2. The van der Waals surface area contributed by atoms with E-state index >= 15 is 0 Å². The molecular formula is C10H8N6OS. The van der Waals surface area contributed by atoms with Crippen LogP contribution in [0.3, 0.4) is 0 Å². The van der Waals surface area contributed by atoms with Crippen LogP contribution in [0.2, 0.25) is 0 Å². The molecule has 0 atom stereocenters. The Kier molecular flexibility index (Phi) is 2.49. The van der Waals surface area contributed by atoms with Crippen molar-refractivity contribution in [1.29, 1.82) is 0 Å². The number of aryl methyl sites for hydroxylation is 1. The minimum Gasteiger partial charge on any atom is -0.375 e. The molecule has 8 heteroatoms. The van der Waals surface area contributed by atoms with E-state index in [9.17, 15) is 0 Å². The Morgan fingerprint density at radius 3 is 2.61 bits per heavy atom. The smallest absolute Gasteiger partial charge is 0.270 e. The highest BCUT2D eigenvalue weighted by molar-refractivity contribution is 7.18. The van der Waals surface area contributed by atoms with Crippen molar-refractivity contribution in [2.24, 2.45) is 0 Å². The molecule has 0 amide bonds. The summed E-state index contributed by atoms with van der Waals surface area (Å²) in [5.74, 6) is 1.14. The van der Waals surface area contributed by atoms with Crippen LogP contribution in [0.5, 0.6) is 0 Å². The van der Waals surface area contributed by atoms with Crippen molar-refractivity contribution in [2.75, 3.05) is 5.73 Å². The number of rotatable bonds is 2. The molecule has 0 saturated heterocycles. The van der Waals surface area contributed by atoms with Gasteiger partial charge in [-0.2, -0.15) is 4.98 Å². The van der Waals surface area contributed by atoms with Gasteiger partial charge in [-0.25, -0.2) is 15.0 Å². The summed E-state index contributed by atoms with van der Waals surface area (Å²) in [5, 5.41) is 4.31. The van der Waals surface area contributed by atoms with Crippen LogP contribution < -0.4 is 5.73 Å². The molecule has 0 saturated carbocycles. The molecule has 0 unspecified atom stereocenters. The Bertz CT molecular complexity index is 677. The van der Waals surface area contributed by atoms with Gasteiger partial charge in [-0.1, -0.05) is 16.5 Å². The van der Waals surface area contributed by atoms with Crippen molar-refractivity contribution in [3.63, 3.8) is 0 Å². The molecule has 0 fully saturated rings. The molecule has 90 valence electrons. The van der Waals surface area contributed by atoms with Gasteiger partial charge in [-0.05, 0) is 13.0 Å². The summed E-state index contributed by atoms with van der Waals surface area (Å²) in [4.78, 5) is 17.2. The van der Waals surface area contributed by atoms with Crippen molar-refractivity contribution in [3.05, 3.63) is 24.2 Å². The fraction of sp³-hybridized carbons (Fsp3) is 0.100. The topological polar surface area (TPSA) is 104 Å². The minimum absolute atomic E-state index is 0.344. The summed E-state index contributed by atoms with van der Waals surface area (Å²) < 4.78 is 5.17. The van der Waals surface area contributed by atoms with Crippen molar-refractivity contribution in [2.45, 2.75) is 6.92 Å². The second-order valence-electron chi connectivity index (χ2n) is 3.46. The second-order valence-corrected chi connectivity index (χ2v) is 4.49. The SMILES string of the molecule is Cc1nc(N)sc1-c1nc(-c2ncccn2)no1. The molecule has 0 aliphatic rings. The Morgan fingerprint density at radius 1 is 1.17 bits per heavy atom. The highest BCUT2D eigenvalue weighted by atomic mass is 32.1. The van der Waals surface area contributed by atoms with Crippen LogP contribution in [0, 0.1) is 6.92 Å². The molecule has 0 spiro atoms. The third-order valence-corrected chi connectivity index (χ3v) is 3.17. The van der Waals surface area contributed by atoms with Crippen molar-refractivity contribution in [1.82, 2.24) is 25.1 Å². The van der Waals surface area contributed by atoms with E-state index in [1.54, 1.807) is 18.5 Å². The van der Waals surface area contributed by atoms with Gasteiger partial charge in [0.25, 0.3) is 5.89 Å². The molecule has 18 heavy (non-hydrogen) atoms. The quantitative estimate of drug-likeness (QED) is 0.745. The van der Waals surface area contributed by atoms with Crippen LogP contribution in [0.4, 0.5) is 5.13 Å². The number of thiazole rings is 1. The molecule has 3 aromatic rings. The molecule has 0 radical (unpaired) electrons. The molecular weight excluding hydrogens is 252 g/mol. The van der Waals surface area contributed by atoms with Crippen molar-refractivity contribution < 1.29 is 4.52 Å². The number of nitrogen functional groups attached to an aromatic ring is 1. The van der Waals surface area contributed by atoms with Crippen LogP contribution in [-0.4, -0.2) is 25.1 Å². The largest absolute Gasteiger partial charge is 0.375 e. The van der Waals surface area contributed by atoms with Gasteiger partial charge in [0.2, 0.25) is 11.6 Å². The molecule has 0 bridgehead atoms. The van der Waals surface area contributed by atoms with Crippen LogP contribution in [0.15, 0.2) is 23.0 Å². The second kappa shape index (κ2) is 4.15. The summed E-state index contributed by atoms with van der Waals surface area (Å²) >= 11 is 1.31. The molecule has 0 aliphatic carbocycles. The van der Waals surface area contributed by atoms with Gasteiger partial charge >= 0.3 is 0 Å². The summed E-state index contributed by atoms with van der Waals surface area (Å²) in [6.45, 7) is 1.84. The van der Waals surface area contributed by atoms with Gasteiger partial charge in [0.15, 0.2) is 5.13 Å². The summed E-state index contributed by atoms with van der Waals surface area (Å²) in [5.41, 5.74) is 6.39. The van der Waals surface area contributed by atoms with E-state index in [-0.39, 0.29) is 0 Å². The van der Waals surface area contributed by atoms with E-state index in [0.717, 1.165) is 10.6 Å². The zero-order valence-electron chi connectivity index (χ0n) is 9.36. The third-order valence-electron chi connectivity index (χ3n) is 2.20. The van der Waals surface area contributed by atoms with Gasteiger partial charge < -0.3 is 10.3 Å². The number of hydrogen-bond donors (Lipinski definition) is 1. The maximum atomic E-state index is 5.63. The van der Waals surface area contributed by atoms with Gasteiger partial charge in [0.1, 0.15) is 4.88 Å². The number of hydrogen-bond acceptors (Lipinski definition) is 8. The Morgan fingerprint density at radius 2 is 1.94 bits per heavy atom. The molecule has 2 N–H and O–H groups in total. The van der Waals surface area contributed by atoms with E-state index < -0.39 is 0 Å². The van der Waals surface area contributed by atoms with Crippen LogP contribution in [0.25, 0.3) is 22.4 Å². The van der Waals surface area contributed by atoms with Gasteiger partial charge in [0.05, 0.1) is 5.69 Å². The maximum Gasteiger partial charge on any atom is 0.270 e. The lowest BCUT2D eigenvalue weighted by atomic mass is 10.4. The third kappa shape index (κ3) is 1.82. The first kappa shape index (κ1) is 10.8. The Balaban J connectivity index is 2.02. The monoisotopic (exact) mass is 260 g/mol. The summed E-state index contributed by atoms with van der Waals surface area (Å²) in [6, 6.07) is 1.72. The van der Waals surface area contributed by atoms with E-state index in [2.05, 4.69) is 25.1 Å². The zero-order chi connectivity index (χ0) is 12.5. The highest BCUT2D eigenvalue weighted by Crippen LogP contribution is 2.30. The lowest BCUT2D eigenvalue weighted by Gasteiger charge is -1.89. The normalized spacial score (nSPS) is 10.7. The van der Waals surface area contributed by atoms with Gasteiger partial charge in [0, 0.05) is 12.4 Å². The highest BCUT2D eigenvalue weighted by Gasteiger charge is 2.17. The molecule has 3 heterocycles. The maximum absolute atomic E-state index is 5.63. The molecule has 3 rings (SSSR count). The van der Waals surface area contributed by atoms with Gasteiger partial charge in [-0.15, -0.1) is 0 Å². The predicted molar refractivity (Wildman–Crippen MR) is 65.6 cm³/mol. The first-order valence-electron chi connectivity index (χ1n) is 5.08. The van der Waals surface area contributed by atoms with E-state index in [4.69, 9.17) is 10.3 Å². The summed E-state index contributed by atoms with van der Waals surface area (Å²) in [7, 11) is 0. The summed E-state index contributed by atoms with van der Waals surface area (Å²) in [6.07, 6.45) is 3.24. The number of nitrogens with zero attached hydrogens (tertiary/aromatic N) is 5.